The lowest BCUT2D eigenvalue weighted by molar-refractivity contribution is 0.0824. The summed E-state index contributed by atoms with van der Waals surface area (Å²) in [5, 5.41) is 19.5. The third kappa shape index (κ3) is 4.77. The molecule has 0 aliphatic rings. The molecule has 1 aromatic heterocycles. The van der Waals surface area contributed by atoms with Gasteiger partial charge in [-0.25, -0.2) is 0 Å². The van der Waals surface area contributed by atoms with Crippen LogP contribution in [0.5, 0.6) is 5.75 Å². The smallest absolute Gasteiger partial charge is 0.290 e. The molecule has 33 heavy (non-hydrogen) atoms. The number of aromatic hydroxyl groups is 1. The molecule has 0 saturated carbocycles. The number of phenols is 1. The molecule has 4 N–H and O–H groups in total. The maximum atomic E-state index is 13.0. The van der Waals surface area contributed by atoms with Gasteiger partial charge in [0.15, 0.2) is 5.75 Å². The molecule has 0 aliphatic heterocycles. The van der Waals surface area contributed by atoms with E-state index in [2.05, 4.69) is 15.7 Å². The Morgan fingerprint density at radius 3 is 2.36 bits per heavy atom. The number of carbonyl (C=O) groups is 1. The van der Waals surface area contributed by atoms with Crippen molar-refractivity contribution in [3.63, 3.8) is 0 Å². The number of H-pyrrole nitrogens is 1. The van der Waals surface area contributed by atoms with Crippen LogP contribution in [0.3, 0.4) is 0 Å². The van der Waals surface area contributed by atoms with E-state index >= 15 is 0 Å². The Kier molecular flexibility index (Phi) is 6.91. The van der Waals surface area contributed by atoms with E-state index in [1.807, 2.05) is 37.3 Å². The molecule has 0 radical (unpaired) electrons. The lowest BCUT2D eigenvalue weighted by Crippen LogP contribution is -2.32. The molecule has 2 aromatic carbocycles. The van der Waals surface area contributed by atoms with E-state index in [4.69, 9.17) is 0 Å². The zero-order chi connectivity index (χ0) is 24.3. The van der Waals surface area contributed by atoms with Crippen LogP contribution in [0.1, 0.15) is 40.9 Å². The summed E-state index contributed by atoms with van der Waals surface area (Å²) in [5.41, 5.74) is 0.867. The predicted octanol–water partition coefficient (Wildman–Crippen LogP) is 3.10. The molecule has 1 amide bonds. The Morgan fingerprint density at radius 1 is 1.09 bits per heavy atom. The Bertz CT molecular complexity index is 1280. The van der Waals surface area contributed by atoms with Crippen LogP contribution in [0.15, 0.2) is 52.1 Å². The van der Waals surface area contributed by atoms with Crippen LogP contribution in [0.25, 0.3) is 0 Å². The first kappa shape index (κ1) is 23.6. The Balaban J connectivity index is 2.13. The molecule has 3 aromatic rings. The summed E-state index contributed by atoms with van der Waals surface area (Å²) in [6.07, 6.45) is 0.662. The number of rotatable bonds is 7. The van der Waals surface area contributed by atoms with Crippen LogP contribution in [-0.2, 0) is 7.05 Å². The van der Waals surface area contributed by atoms with Crippen molar-refractivity contribution in [3.8, 4) is 5.75 Å². The van der Waals surface area contributed by atoms with E-state index < -0.39 is 11.1 Å². The maximum Gasteiger partial charge on any atom is 0.290 e. The van der Waals surface area contributed by atoms with Gasteiger partial charge in [-0.3, -0.25) is 24.2 Å². The number of anilines is 3. The molecule has 9 heteroatoms. The molecular weight excluding hydrogens is 422 g/mol. The highest BCUT2D eigenvalue weighted by molar-refractivity contribution is 5.99. The van der Waals surface area contributed by atoms with Crippen LogP contribution in [0, 0.1) is 6.92 Å². The second-order valence-electron chi connectivity index (χ2n) is 8.05. The molecule has 0 spiro atoms. The van der Waals surface area contributed by atoms with Gasteiger partial charge in [0.25, 0.3) is 17.0 Å². The first-order chi connectivity index (χ1) is 15.6. The number of aromatic nitrogens is 2. The molecule has 0 bridgehead atoms. The van der Waals surface area contributed by atoms with Crippen molar-refractivity contribution in [1.82, 2.24) is 14.7 Å². The van der Waals surface area contributed by atoms with E-state index in [1.165, 1.54) is 18.0 Å². The molecule has 0 aliphatic carbocycles. The minimum absolute atomic E-state index is 0.0246. The van der Waals surface area contributed by atoms with E-state index in [9.17, 15) is 19.5 Å². The summed E-state index contributed by atoms with van der Waals surface area (Å²) in [6.45, 7) is 3.70. The van der Waals surface area contributed by atoms with Crippen LogP contribution in [0.2, 0.25) is 0 Å². The standard InChI is InChI=1S/C24H29N5O4/c1-6-17(15-10-8-7-9-11-15)25-19-20(24(33)29(5)27-22(19)31)26-18-14(2)12-13-16(21(18)30)23(32)28(3)4/h7-13,17,25-26,30H,6H2,1-5H3,(H,27,31)/t17-/m1/s1. The molecule has 0 saturated heterocycles. The van der Waals surface area contributed by atoms with Gasteiger partial charge < -0.3 is 20.6 Å². The lowest BCUT2D eigenvalue weighted by atomic mass is 10.0. The number of aryl methyl sites for hydroxylation is 2. The van der Waals surface area contributed by atoms with E-state index in [-0.39, 0.29) is 40.3 Å². The lowest BCUT2D eigenvalue weighted by Gasteiger charge is -2.22. The van der Waals surface area contributed by atoms with E-state index in [1.54, 1.807) is 27.1 Å². The van der Waals surface area contributed by atoms with Crippen molar-refractivity contribution < 1.29 is 9.90 Å². The molecule has 1 atom stereocenters. The van der Waals surface area contributed by atoms with Crippen molar-refractivity contribution in [1.29, 1.82) is 0 Å². The second kappa shape index (κ2) is 9.64. The fourth-order valence-corrected chi connectivity index (χ4v) is 3.57. The first-order valence-electron chi connectivity index (χ1n) is 10.6. The molecule has 0 unspecified atom stereocenters. The average molecular weight is 452 g/mol. The van der Waals surface area contributed by atoms with Crippen LogP contribution in [-0.4, -0.2) is 39.8 Å². The third-order valence-electron chi connectivity index (χ3n) is 5.47. The number of aromatic amines is 1. The van der Waals surface area contributed by atoms with Gasteiger partial charge >= 0.3 is 0 Å². The van der Waals surface area contributed by atoms with Gasteiger partial charge in [0.05, 0.1) is 17.3 Å². The molecule has 1 heterocycles. The average Bonchev–Trinajstić information content (AvgIpc) is 2.79. The van der Waals surface area contributed by atoms with Crippen molar-refractivity contribution in [3.05, 3.63) is 79.9 Å². The van der Waals surface area contributed by atoms with Crippen molar-refractivity contribution in [2.24, 2.45) is 7.05 Å². The van der Waals surface area contributed by atoms with Gasteiger partial charge in [-0.1, -0.05) is 43.3 Å². The van der Waals surface area contributed by atoms with Crippen LogP contribution >= 0.6 is 0 Å². The Hall–Kier alpha value is -4.01. The van der Waals surface area contributed by atoms with Gasteiger partial charge in [0.2, 0.25) is 0 Å². The third-order valence-corrected chi connectivity index (χ3v) is 5.47. The van der Waals surface area contributed by atoms with Crippen molar-refractivity contribution in [2.75, 3.05) is 24.7 Å². The number of carbonyl (C=O) groups excluding carboxylic acids is 1. The molecule has 0 fully saturated rings. The summed E-state index contributed by atoms with van der Waals surface area (Å²) >= 11 is 0. The van der Waals surface area contributed by atoms with Crippen LogP contribution < -0.4 is 21.8 Å². The molecular formula is C24H29N5O4. The van der Waals surface area contributed by atoms with Gasteiger partial charge in [0.1, 0.15) is 11.4 Å². The summed E-state index contributed by atoms with van der Waals surface area (Å²) in [7, 11) is 4.60. The maximum absolute atomic E-state index is 13.0. The van der Waals surface area contributed by atoms with E-state index in [0.29, 0.717) is 12.0 Å². The van der Waals surface area contributed by atoms with Gasteiger partial charge in [-0.15, -0.1) is 0 Å². The fraction of sp³-hybridized carbons (Fsp3) is 0.292. The number of amides is 1. The van der Waals surface area contributed by atoms with Gasteiger partial charge in [-0.05, 0) is 30.5 Å². The number of hydrogen-bond donors (Lipinski definition) is 4. The van der Waals surface area contributed by atoms with Gasteiger partial charge in [0, 0.05) is 21.1 Å². The van der Waals surface area contributed by atoms with Crippen molar-refractivity contribution >= 4 is 23.0 Å². The number of hydrogen-bond acceptors (Lipinski definition) is 6. The zero-order valence-electron chi connectivity index (χ0n) is 19.4. The SMILES string of the molecule is CC[C@@H](Nc1c(Nc2c(C)ccc(C(=O)N(C)C)c2O)c(=O)n(C)[nH]c1=O)c1ccccc1. The number of nitrogens with one attached hydrogen (secondary N) is 3. The number of phenolic OH excluding ortho intramolecular Hbond substituents is 1. The summed E-state index contributed by atoms with van der Waals surface area (Å²) in [4.78, 5) is 39.7. The summed E-state index contributed by atoms with van der Waals surface area (Å²) in [5.74, 6) is -0.681. The highest BCUT2D eigenvalue weighted by Gasteiger charge is 2.22. The first-order valence-corrected chi connectivity index (χ1v) is 10.6. The normalized spacial score (nSPS) is 11.7. The Labute approximate surface area is 191 Å². The second-order valence-corrected chi connectivity index (χ2v) is 8.05. The fourth-order valence-electron chi connectivity index (χ4n) is 3.57. The number of nitrogens with zero attached hydrogens (tertiary/aromatic N) is 2. The quantitative estimate of drug-likeness (QED) is 0.410. The minimum atomic E-state index is -0.497. The molecule has 174 valence electrons. The monoisotopic (exact) mass is 451 g/mol. The highest BCUT2D eigenvalue weighted by atomic mass is 16.3. The Morgan fingerprint density at radius 2 is 1.76 bits per heavy atom. The zero-order valence-corrected chi connectivity index (χ0v) is 19.4. The summed E-state index contributed by atoms with van der Waals surface area (Å²) < 4.78 is 1.07. The van der Waals surface area contributed by atoms with Crippen LogP contribution in [0.4, 0.5) is 17.1 Å². The topological polar surface area (TPSA) is 119 Å². The summed E-state index contributed by atoms with van der Waals surface area (Å²) in [6, 6.07) is 12.6. The highest BCUT2D eigenvalue weighted by Crippen LogP contribution is 2.35. The van der Waals surface area contributed by atoms with Crippen molar-refractivity contribution in [2.45, 2.75) is 26.3 Å². The predicted molar refractivity (Wildman–Crippen MR) is 130 cm³/mol. The molecule has 3 rings (SSSR count). The number of benzene rings is 2. The van der Waals surface area contributed by atoms with Gasteiger partial charge in [-0.2, -0.15) is 0 Å². The molecule has 9 nitrogen and oxygen atoms in total. The largest absolute Gasteiger partial charge is 0.505 e. The minimum Gasteiger partial charge on any atom is -0.505 e. The van der Waals surface area contributed by atoms with E-state index in [0.717, 1.165) is 10.2 Å².